The monoisotopic (exact) mass is 331 g/mol. The third-order valence-electron chi connectivity index (χ3n) is 3.33. The van der Waals surface area contributed by atoms with Crippen molar-refractivity contribution >= 4 is 29.1 Å². The third kappa shape index (κ3) is 4.79. The Balaban J connectivity index is 2.12. The molecular weight excluding hydrogens is 314 g/mol. The lowest BCUT2D eigenvalue weighted by Crippen LogP contribution is -2.32. The maximum Gasteiger partial charge on any atom is 0.270 e. The number of aromatic nitrogens is 1. The Morgan fingerprint density at radius 1 is 1.22 bits per heavy atom. The van der Waals surface area contributed by atoms with Crippen LogP contribution >= 0.6 is 11.6 Å². The summed E-state index contributed by atoms with van der Waals surface area (Å²) in [6, 6.07) is 9.93. The highest BCUT2D eigenvalue weighted by atomic mass is 35.5. The molecule has 6 heteroatoms. The van der Waals surface area contributed by atoms with E-state index in [9.17, 15) is 9.59 Å². The molecule has 0 bridgehead atoms. The average Bonchev–Trinajstić information content (AvgIpc) is 2.54. The standard InChI is InChI=1S/C17H18ClN3O2/c1-3-11(2)20-17(23)15-9-12(7-8-19-15)16(22)21-14-6-4-5-13(18)10-14/h4-11H,3H2,1-2H3,(H,20,23)(H,21,22). The van der Waals surface area contributed by atoms with Gasteiger partial charge in [0.2, 0.25) is 0 Å². The molecule has 1 aromatic carbocycles. The summed E-state index contributed by atoms with van der Waals surface area (Å²) in [5, 5.41) is 6.09. The Morgan fingerprint density at radius 3 is 2.70 bits per heavy atom. The van der Waals surface area contributed by atoms with E-state index in [1.807, 2.05) is 13.8 Å². The molecule has 0 saturated carbocycles. The molecule has 1 aromatic heterocycles. The molecule has 0 aliphatic carbocycles. The second-order valence-corrected chi connectivity index (χ2v) is 5.61. The summed E-state index contributed by atoms with van der Waals surface area (Å²) in [5.41, 5.74) is 1.16. The van der Waals surface area contributed by atoms with Crippen LogP contribution in [0.5, 0.6) is 0 Å². The van der Waals surface area contributed by atoms with E-state index in [1.165, 1.54) is 12.3 Å². The zero-order valence-corrected chi connectivity index (χ0v) is 13.7. The van der Waals surface area contributed by atoms with Crippen LogP contribution in [0.4, 0.5) is 5.69 Å². The number of amides is 2. The number of hydrogen-bond acceptors (Lipinski definition) is 3. The molecule has 0 saturated heterocycles. The first-order valence-electron chi connectivity index (χ1n) is 7.33. The van der Waals surface area contributed by atoms with Gasteiger partial charge in [-0.15, -0.1) is 0 Å². The number of anilines is 1. The molecule has 1 atom stereocenters. The number of pyridine rings is 1. The molecule has 0 radical (unpaired) electrons. The highest BCUT2D eigenvalue weighted by Gasteiger charge is 2.13. The van der Waals surface area contributed by atoms with Crippen molar-refractivity contribution in [2.24, 2.45) is 0 Å². The molecule has 0 aliphatic heterocycles. The van der Waals surface area contributed by atoms with Crippen molar-refractivity contribution in [3.05, 3.63) is 58.9 Å². The summed E-state index contributed by atoms with van der Waals surface area (Å²) in [5.74, 6) is -0.621. The second-order valence-electron chi connectivity index (χ2n) is 5.18. The first-order chi connectivity index (χ1) is 11.0. The van der Waals surface area contributed by atoms with E-state index in [2.05, 4.69) is 15.6 Å². The summed E-state index contributed by atoms with van der Waals surface area (Å²) in [6.07, 6.45) is 2.26. The van der Waals surface area contributed by atoms with Crippen molar-refractivity contribution in [2.75, 3.05) is 5.32 Å². The fourth-order valence-electron chi connectivity index (χ4n) is 1.87. The summed E-state index contributed by atoms with van der Waals surface area (Å²) in [6.45, 7) is 3.89. The summed E-state index contributed by atoms with van der Waals surface area (Å²) >= 11 is 5.89. The summed E-state index contributed by atoms with van der Waals surface area (Å²) in [4.78, 5) is 28.4. The number of nitrogens with zero attached hydrogens (tertiary/aromatic N) is 1. The quantitative estimate of drug-likeness (QED) is 0.880. The van der Waals surface area contributed by atoms with Crippen molar-refractivity contribution in [1.29, 1.82) is 0 Å². The molecule has 0 fully saturated rings. The van der Waals surface area contributed by atoms with Gasteiger partial charge in [0.25, 0.3) is 11.8 Å². The minimum absolute atomic E-state index is 0.0493. The molecule has 2 aromatic rings. The van der Waals surface area contributed by atoms with Gasteiger partial charge in [-0.1, -0.05) is 24.6 Å². The van der Waals surface area contributed by atoms with E-state index in [0.29, 0.717) is 16.3 Å². The highest BCUT2D eigenvalue weighted by Crippen LogP contribution is 2.16. The fraction of sp³-hybridized carbons (Fsp3) is 0.235. The van der Waals surface area contributed by atoms with Crippen LogP contribution in [-0.4, -0.2) is 22.8 Å². The number of nitrogens with one attached hydrogen (secondary N) is 2. The zero-order chi connectivity index (χ0) is 16.8. The fourth-order valence-corrected chi connectivity index (χ4v) is 2.06. The average molecular weight is 332 g/mol. The number of carbonyl (C=O) groups is 2. The van der Waals surface area contributed by atoms with E-state index in [1.54, 1.807) is 30.3 Å². The molecule has 120 valence electrons. The lowest BCUT2D eigenvalue weighted by molar-refractivity contribution is 0.0934. The summed E-state index contributed by atoms with van der Waals surface area (Å²) in [7, 11) is 0. The predicted molar refractivity (Wildman–Crippen MR) is 90.9 cm³/mol. The molecule has 23 heavy (non-hydrogen) atoms. The Hall–Kier alpha value is -2.40. The van der Waals surface area contributed by atoms with Gasteiger partial charge in [0, 0.05) is 28.5 Å². The minimum Gasteiger partial charge on any atom is -0.348 e. The Bertz CT molecular complexity index is 718. The van der Waals surface area contributed by atoms with Gasteiger partial charge in [0.1, 0.15) is 5.69 Å². The maximum atomic E-state index is 12.3. The Morgan fingerprint density at radius 2 is 2.00 bits per heavy atom. The van der Waals surface area contributed by atoms with Crippen molar-refractivity contribution in [3.63, 3.8) is 0 Å². The molecular formula is C17H18ClN3O2. The Labute approximate surface area is 140 Å². The van der Waals surface area contributed by atoms with Gasteiger partial charge < -0.3 is 10.6 Å². The van der Waals surface area contributed by atoms with Gasteiger partial charge in [-0.2, -0.15) is 0 Å². The number of benzene rings is 1. The van der Waals surface area contributed by atoms with Gasteiger partial charge in [-0.25, -0.2) is 0 Å². The third-order valence-corrected chi connectivity index (χ3v) is 3.56. The van der Waals surface area contributed by atoms with Crippen molar-refractivity contribution in [3.8, 4) is 0 Å². The van der Waals surface area contributed by atoms with Crippen LogP contribution in [0.3, 0.4) is 0 Å². The van der Waals surface area contributed by atoms with Crippen molar-refractivity contribution in [1.82, 2.24) is 10.3 Å². The van der Waals surface area contributed by atoms with Gasteiger partial charge in [0.15, 0.2) is 0 Å². The number of carbonyl (C=O) groups excluding carboxylic acids is 2. The number of hydrogen-bond donors (Lipinski definition) is 2. The molecule has 0 spiro atoms. The van der Waals surface area contributed by atoms with Crippen LogP contribution in [-0.2, 0) is 0 Å². The van der Waals surface area contributed by atoms with Crippen molar-refractivity contribution in [2.45, 2.75) is 26.3 Å². The van der Waals surface area contributed by atoms with E-state index < -0.39 is 0 Å². The van der Waals surface area contributed by atoms with Crippen LogP contribution in [0.25, 0.3) is 0 Å². The molecule has 2 amide bonds. The number of rotatable bonds is 5. The largest absolute Gasteiger partial charge is 0.348 e. The Kier molecular flexibility index (Phi) is 5.71. The van der Waals surface area contributed by atoms with Crippen LogP contribution in [0.15, 0.2) is 42.6 Å². The molecule has 1 heterocycles. The van der Waals surface area contributed by atoms with Crippen LogP contribution < -0.4 is 10.6 Å². The lowest BCUT2D eigenvalue weighted by atomic mass is 10.2. The minimum atomic E-state index is -0.327. The summed E-state index contributed by atoms with van der Waals surface area (Å²) < 4.78 is 0. The van der Waals surface area contributed by atoms with Crippen LogP contribution in [0.1, 0.15) is 41.1 Å². The van der Waals surface area contributed by atoms with E-state index >= 15 is 0 Å². The molecule has 5 nitrogen and oxygen atoms in total. The van der Waals surface area contributed by atoms with Crippen LogP contribution in [0.2, 0.25) is 5.02 Å². The first kappa shape index (κ1) is 17.0. The van der Waals surface area contributed by atoms with E-state index in [0.717, 1.165) is 6.42 Å². The highest BCUT2D eigenvalue weighted by molar-refractivity contribution is 6.31. The maximum absolute atomic E-state index is 12.3. The van der Waals surface area contributed by atoms with Gasteiger partial charge >= 0.3 is 0 Å². The molecule has 1 unspecified atom stereocenters. The normalized spacial score (nSPS) is 11.6. The van der Waals surface area contributed by atoms with Crippen molar-refractivity contribution < 1.29 is 9.59 Å². The topological polar surface area (TPSA) is 71.1 Å². The van der Waals surface area contributed by atoms with E-state index in [-0.39, 0.29) is 23.6 Å². The van der Waals surface area contributed by atoms with Crippen LogP contribution in [0, 0.1) is 0 Å². The smallest absolute Gasteiger partial charge is 0.270 e. The predicted octanol–water partition coefficient (Wildman–Crippen LogP) is 3.52. The number of halogens is 1. The lowest BCUT2D eigenvalue weighted by Gasteiger charge is -2.11. The molecule has 0 aliphatic rings. The SMILES string of the molecule is CCC(C)NC(=O)c1cc(C(=O)Nc2cccc(Cl)c2)ccn1. The second kappa shape index (κ2) is 7.74. The van der Waals surface area contributed by atoms with E-state index in [4.69, 9.17) is 11.6 Å². The molecule has 2 N–H and O–H groups in total. The zero-order valence-electron chi connectivity index (χ0n) is 13.0. The molecule has 2 rings (SSSR count). The van der Waals surface area contributed by atoms with Gasteiger partial charge in [-0.3, -0.25) is 14.6 Å². The first-order valence-corrected chi connectivity index (χ1v) is 7.71. The van der Waals surface area contributed by atoms with Gasteiger partial charge in [0.05, 0.1) is 0 Å². The van der Waals surface area contributed by atoms with Gasteiger partial charge in [-0.05, 0) is 43.7 Å².